The third kappa shape index (κ3) is 4.74. The lowest BCUT2D eigenvalue weighted by Crippen LogP contribution is -2.31. The van der Waals surface area contributed by atoms with Crippen molar-refractivity contribution in [2.45, 2.75) is 13.3 Å². The molecule has 0 atom stereocenters. The van der Waals surface area contributed by atoms with Crippen LogP contribution in [-0.4, -0.2) is 19.0 Å². The minimum atomic E-state index is -2.57. The zero-order valence-corrected chi connectivity index (χ0v) is 12.6. The molecule has 23 heavy (non-hydrogen) atoms. The van der Waals surface area contributed by atoms with Crippen LogP contribution in [0.1, 0.15) is 18.9 Å². The van der Waals surface area contributed by atoms with Crippen LogP contribution in [0.5, 0.6) is 0 Å². The Morgan fingerprint density at radius 2 is 1.83 bits per heavy atom. The van der Waals surface area contributed by atoms with E-state index in [1.165, 1.54) is 31.2 Å². The van der Waals surface area contributed by atoms with Crippen molar-refractivity contribution in [3.8, 4) is 0 Å². The first-order valence-corrected chi connectivity index (χ1v) is 7.13. The molecule has 0 aliphatic carbocycles. The fourth-order valence-corrected chi connectivity index (χ4v) is 2.20. The molecule has 0 aromatic heterocycles. The van der Waals surface area contributed by atoms with Gasteiger partial charge in [-0.15, -0.1) is 0 Å². The predicted molar refractivity (Wildman–Crippen MR) is 83.5 cm³/mol. The van der Waals surface area contributed by atoms with E-state index in [-0.39, 0.29) is 17.3 Å². The van der Waals surface area contributed by atoms with E-state index >= 15 is 0 Å². The van der Waals surface area contributed by atoms with E-state index in [1.807, 2.05) is 0 Å². The van der Waals surface area contributed by atoms with Crippen LogP contribution in [0.3, 0.4) is 0 Å². The summed E-state index contributed by atoms with van der Waals surface area (Å²) in [5, 5.41) is 2.66. The van der Waals surface area contributed by atoms with Gasteiger partial charge in [0, 0.05) is 37.0 Å². The quantitative estimate of drug-likeness (QED) is 0.870. The monoisotopic (exact) mass is 322 g/mol. The normalized spacial score (nSPS) is 10.7. The third-order valence-electron chi connectivity index (χ3n) is 3.28. The van der Waals surface area contributed by atoms with E-state index in [2.05, 4.69) is 5.32 Å². The number of alkyl halides is 2. The Morgan fingerprint density at radius 1 is 1.13 bits per heavy atom. The van der Waals surface area contributed by atoms with Gasteiger partial charge in [0.15, 0.2) is 0 Å². The van der Waals surface area contributed by atoms with Gasteiger partial charge in [-0.05, 0) is 36.4 Å². The van der Waals surface area contributed by atoms with E-state index in [0.717, 1.165) is 0 Å². The van der Waals surface area contributed by atoms with Crippen molar-refractivity contribution in [1.29, 1.82) is 0 Å². The number of hydrogen-bond donors (Lipinski definition) is 1. The Balaban J connectivity index is 2.30. The van der Waals surface area contributed by atoms with Crippen LogP contribution in [0.15, 0.2) is 48.5 Å². The zero-order chi connectivity index (χ0) is 16.8. The van der Waals surface area contributed by atoms with Crippen molar-refractivity contribution in [1.82, 2.24) is 5.32 Å². The van der Waals surface area contributed by atoms with Gasteiger partial charge in [-0.1, -0.05) is 12.1 Å². The predicted octanol–water partition coefficient (Wildman–Crippen LogP) is 4.04. The molecule has 1 N–H and O–H groups in total. The summed E-state index contributed by atoms with van der Waals surface area (Å²) in [5.41, 5.74) is 1.12. The van der Waals surface area contributed by atoms with Crippen LogP contribution in [0, 0.1) is 5.82 Å². The molecule has 2 aromatic rings. The second-order valence-electron chi connectivity index (χ2n) is 5.01. The maximum Gasteiger partial charge on any atom is 0.263 e. The lowest BCUT2D eigenvalue weighted by atomic mass is 10.1. The molecule has 2 rings (SSSR count). The van der Waals surface area contributed by atoms with Gasteiger partial charge in [0.2, 0.25) is 5.91 Å². The molecule has 0 unspecified atom stereocenters. The van der Waals surface area contributed by atoms with Gasteiger partial charge < -0.3 is 10.2 Å². The van der Waals surface area contributed by atoms with Gasteiger partial charge in [0.1, 0.15) is 5.82 Å². The molecule has 0 spiro atoms. The van der Waals surface area contributed by atoms with Crippen molar-refractivity contribution in [2.24, 2.45) is 0 Å². The van der Waals surface area contributed by atoms with Crippen molar-refractivity contribution in [3.63, 3.8) is 0 Å². The Morgan fingerprint density at radius 3 is 2.43 bits per heavy atom. The number of rotatable bonds is 6. The minimum Gasteiger partial charge on any atom is -0.355 e. The first kappa shape index (κ1) is 16.9. The van der Waals surface area contributed by atoms with Crippen molar-refractivity contribution >= 4 is 17.3 Å². The second-order valence-corrected chi connectivity index (χ2v) is 5.01. The van der Waals surface area contributed by atoms with Crippen molar-refractivity contribution in [2.75, 3.05) is 18.0 Å². The average Bonchev–Trinajstić information content (AvgIpc) is 2.52. The third-order valence-corrected chi connectivity index (χ3v) is 3.28. The molecular formula is C17H17F3N2O. The minimum absolute atomic E-state index is 0.0888. The smallest absolute Gasteiger partial charge is 0.263 e. The van der Waals surface area contributed by atoms with Crippen LogP contribution >= 0.6 is 0 Å². The molecule has 122 valence electrons. The lowest BCUT2D eigenvalue weighted by molar-refractivity contribution is -0.118. The fraction of sp³-hybridized carbons (Fsp3) is 0.235. The zero-order valence-electron chi connectivity index (χ0n) is 12.6. The Labute approximate surface area is 132 Å². The van der Waals surface area contributed by atoms with E-state index in [4.69, 9.17) is 0 Å². The fourth-order valence-electron chi connectivity index (χ4n) is 2.20. The topological polar surface area (TPSA) is 32.3 Å². The summed E-state index contributed by atoms with van der Waals surface area (Å²) in [4.78, 5) is 12.8. The SMILES string of the molecule is CC(=O)NCCN(c1ccc(F)cc1)c1cccc(C(F)F)c1. The molecule has 0 heterocycles. The van der Waals surface area contributed by atoms with Gasteiger partial charge in [-0.3, -0.25) is 4.79 Å². The van der Waals surface area contributed by atoms with E-state index in [1.54, 1.807) is 29.2 Å². The van der Waals surface area contributed by atoms with Crippen LogP contribution in [0.25, 0.3) is 0 Å². The lowest BCUT2D eigenvalue weighted by Gasteiger charge is -2.25. The molecular weight excluding hydrogens is 305 g/mol. The number of amides is 1. The Bertz CT molecular complexity index is 659. The number of nitrogens with one attached hydrogen (secondary N) is 1. The number of carbonyl (C=O) groups is 1. The number of carbonyl (C=O) groups excluding carboxylic acids is 1. The highest BCUT2D eigenvalue weighted by Gasteiger charge is 2.13. The molecule has 3 nitrogen and oxygen atoms in total. The summed E-state index contributed by atoms with van der Waals surface area (Å²) in [6, 6.07) is 11.7. The van der Waals surface area contributed by atoms with Crippen LogP contribution in [0.4, 0.5) is 24.5 Å². The first-order chi connectivity index (χ1) is 11.0. The largest absolute Gasteiger partial charge is 0.355 e. The molecule has 0 radical (unpaired) electrons. The van der Waals surface area contributed by atoms with Crippen molar-refractivity contribution < 1.29 is 18.0 Å². The second kappa shape index (κ2) is 7.67. The van der Waals surface area contributed by atoms with E-state index < -0.39 is 6.43 Å². The summed E-state index contributed by atoms with van der Waals surface area (Å²) in [5.74, 6) is -0.553. The van der Waals surface area contributed by atoms with Gasteiger partial charge in [0.25, 0.3) is 6.43 Å². The maximum atomic E-state index is 13.1. The highest BCUT2D eigenvalue weighted by Crippen LogP contribution is 2.29. The van der Waals surface area contributed by atoms with Crippen LogP contribution < -0.4 is 10.2 Å². The molecule has 0 saturated carbocycles. The number of nitrogens with zero attached hydrogens (tertiary/aromatic N) is 1. The number of anilines is 2. The van der Waals surface area contributed by atoms with E-state index in [0.29, 0.717) is 24.5 Å². The number of hydrogen-bond acceptors (Lipinski definition) is 2. The van der Waals surface area contributed by atoms with Crippen LogP contribution in [0.2, 0.25) is 0 Å². The number of halogens is 3. The average molecular weight is 322 g/mol. The van der Waals surface area contributed by atoms with Gasteiger partial charge in [-0.25, -0.2) is 13.2 Å². The first-order valence-electron chi connectivity index (χ1n) is 7.13. The summed E-state index contributed by atoms with van der Waals surface area (Å²) >= 11 is 0. The van der Waals surface area contributed by atoms with Gasteiger partial charge >= 0.3 is 0 Å². The van der Waals surface area contributed by atoms with Gasteiger partial charge in [-0.2, -0.15) is 0 Å². The highest BCUT2D eigenvalue weighted by atomic mass is 19.3. The molecule has 0 saturated heterocycles. The molecule has 0 aliphatic heterocycles. The molecule has 2 aromatic carbocycles. The van der Waals surface area contributed by atoms with Crippen LogP contribution in [-0.2, 0) is 4.79 Å². The molecule has 1 amide bonds. The summed E-state index contributed by atoms with van der Waals surface area (Å²) < 4.78 is 38.9. The Hall–Kier alpha value is -2.50. The van der Waals surface area contributed by atoms with Crippen molar-refractivity contribution in [3.05, 3.63) is 59.9 Å². The molecule has 0 fully saturated rings. The highest BCUT2D eigenvalue weighted by molar-refractivity contribution is 5.73. The summed E-state index contributed by atoms with van der Waals surface area (Å²) in [6.07, 6.45) is -2.57. The Kier molecular flexibility index (Phi) is 5.62. The molecule has 6 heteroatoms. The summed E-state index contributed by atoms with van der Waals surface area (Å²) in [6.45, 7) is 2.11. The molecule has 0 aliphatic rings. The molecule has 0 bridgehead atoms. The maximum absolute atomic E-state index is 13.1. The van der Waals surface area contributed by atoms with E-state index in [9.17, 15) is 18.0 Å². The van der Waals surface area contributed by atoms with Gasteiger partial charge in [0.05, 0.1) is 0 Å². The summed E-state index contributed by atoms with van der Waals surface area (Å²) in [7, 11) is 0. The number of benzene rings is 2. The standard InChI is InChI=1S/C17H17F3N2O/c1-12(23)21-9-10-22(15-7-5-14(18)6-8-15)16-4-2-3-13(11-16)17(19)20/h2-8,11,17H,9-10H2,1H3,(H,21,23).